The van der Waals surface area contributed by atoms with Crippen LogP contribution in [-0.4, -0.2) is 48.8 Å². The predicted octanol–water partition coefficient (Wildman–Crippen LogP) is 2.03. The Labute approximate surface area is 190 Å². The number of hydrogen-bond acceptors (Lipinski definition) is 10. The largest absolute Gasteiger partial charge is 0.493 e. The molecule has 33 heavy (non-hydrogen) atoms. The number of nitrogens with two attached hydrogens (primary N) is 1. The van der Waals surface area contributed by atoms with Crippen molar-refractivity contribution in [2.75, 3.05) is 14.2 Å². The Morgan fingerprint density at radius 2 is 1.70 bits per heavy atom. The minimum Gasteiger partial charge on any atom is -0.493 e. The molecule has 11 nitrogen and oxygen atoms in total. The Kier molecular flexibility index (Phi) is 7.03. The van der Waals surface area contributed by atoms with E-state index in [1.807, 2.05) is 0 Å². The van der Waals surface area contributed by atoms with Crippen LogP contribution in [-0.2, 0) is 10.0 Å². The average Bonchev–Trinajstić information content (AvgIpc) is 2.79. The molecule has 0 saturated heterocycles. The zero-order valence-corrected chi connectivity index (χ0v) is 18.9. The summed E-state index contributed by atoms with van der Waals surface area (Å²) in [7, 11) is -1.46. The van der Waals surface area contributed by atoms with Gasteiger partial charge in [0.05, 0.1) is 20.4 Å². The molecule has 2 aromatic carbocycles. The summed E-state index contributed by atoms with van der Waals surface area (Å²) in [6, 6.07) is 10.8. The molecule has 0 atom stereocenters. The van der Waals surface area contributed by atoms with Crippen LogP contribution in [0.2, 0.25) is 0 Å². The highest BCUT2D eigenvalue weighted by Crippen LogP contribution is 2.38. The number of benzene rings is 2. The van der Waals surface area contributed by atoms with Crippen molar-refractivity contribution in [2.45, 2.75) is 24.2 Å². The molecule has 1 aromatic heterocycles. The Bertz CT molecular complexity index is 1250. The number of ether oxygens (including phenoxy) is 4. The van der Waals surface area contributed by atoms with Crippen molar-refractivity contribution in [3.63, 3.8) is 0 Å². The summed E-state index contributed by atoms with van der Waals surface area (Å²) in [5.41, 5.74) is 0.439. The molecule has 0 fully saturated rings. The number of methoxy groups -OCH3 is 2. The van der Waals surface area contributed by atoms with Crippen LogP contribution in [0.4, 0.5) is 0 Å². The second-order valence-electron chi connectivity index (χ2n) is 6.73. The molecule has 0 aliphatic heterocycles. The molecule has 176 valence electrons. The average molecular weight is 477 g/mol. The van der Waals surface area contributed by atoms with Crippen molar-refractivity contribution in [2.24, 2.45) is 5.14 Å². The first-order valence-corrected chi connectivity index (χ1v) is 11.2. The molecular weight excluding hydrogens is 454 g/mol. The maximum absolute atomic E-state index is 12.2. The van der Waals surface area contributed by atoms with Gasteiger partial charge in [-0.1, -0.05) is 19.1 Å². The second-order valence-corrected chi connectivity index (χ2v) is 8.26. The van der Waals surface area contributed by atoms with Gasteiger partial charge in [-0.2, -0.15) is 9.97 Å². The van der Waals surface area contributed by atoms with Crippen molar-refractivity contribution in [1.29, 1.82) is 0 Å². The van der Waals surface area contributed by atoms with E-state index >= 15 is 0 Å². The quantitative estimate of drug-likeness (QED) is 0.388. The molecule has 0 radical (unpaired) electrons. The van der Waals surface area contributed by atoms with Gasteiger partial charge in [0, 0.05) is 12.0 Å². The van der Waals surface area contributed by atoms with Crippen LogP contribution in [0.1, 0.15) is 13.3 Å². The van der Waals surface area contributed by atoms with Crippen molar-refractivity contribution >= 4 is 10.0 Å². The van der Waals surface area contributed by atoms with Crippen LogP contribution >= 0.6 is 0 Å². The summed E-state index contributed by atoms with van der Waals surface area (Å²) in [5, 5.41) is 25.0. The number of aliphatic hydroxyl groups is 2. The van der Waals surface area contributed by atoms with Crippen LogP contribution in [0.15, 0.2) is 53.6 Å². The van der Waals surface area contributed by atoms with Gasteiger partial charge in [0.15, 0.2) is 17.2 Å². The van der Waals surface area contributed by atoms with Crippen LogP contribution in [0, 0.1) is 0 Å². The summed E-state index contributed by atoms with van der Waals surface area (Å²) in [6.45, 7) is 1.44. The fourth-order valence-electron chi connectivity index (χ4n) is 2.77. The van der Waals surface area contributed by atoms with Gasteiger partial charge in [-0.05, 0) is 30.3 Å². The molecule has 12 heteroatoms. The fourth-order valence-corrected chi connectivity index (χ4v) is 3.45. The topological polar surface area (TPSA) is 163 Å². The molecule has 0 spiro atoms. The Hall–Kier alpha value is -3.45. The van der Waals surface area contributed by atoms with Crippen LogP contribution in [0.3, 0.4) is 0 Å². The number of sulfonamides is 1. The highest BCUT2D eigenvalue weighted by molar-refractivity contribution is 7.89. The second kappa shape index (κ2) is 9.58. The molecule has 0 amide bonds. The number of para-hydroxylation sites is 2. The van der Waals surface area contributed by atoms with Crippen molar-refractivity contribution in [1.82, 2.24) is 9.97 Å². The van der Waals surface area contributed by atoms with E-state index in [-0.39, 0.29) is 35.2 Å². The van der Waals surface area contributed by atoms with Crippen LogP contribution in [0.5, 0.6) is 29.0 Å². The molecule has 0 bridgehead atoms. The molecule has 0 aliphatic rings. The zero-order valence-electron chi connectivity index (χ0n) is 18.0. The third-order valence-corrected chi connectivity index (χ3v) is 5.39. The monoisotopic (exact) mass is 477 g/mol. The smallest absolute Gasteiger partial charge is 0.321 e. The maximum atomic E-state index is 12.2. The maximum Gasteiger partial charge on any atom is 0.321 e. The Balaban J connectivity index is 2.15. The SMILES string of the molecule is CCC(O)(O)Oc1ccc(-c2nc(OC)ncc2Oc2ccccc2OC)cc1S(N)(=O)=O. The van der Waals surface area contributed by atoms with Crippen molar-refractivity contribution < 1.29 is 37.6 Å². The molecule has 4 N–H and O–H groups in total. The molecule has 0 unspecified atom stereocenters. The normalized spacial score (nSPS) is 11.7. The summed E-state index contributed by atoms with van der Waals surface area (Å²) < 4.78 is 45.8. The third kappa shape index (κ3) is 5.68. The lowest BCUT2D eigenvalue weighted by atomic mass is 10.1. The lowest BCUT2D eigenvalue weighted by molar-refractivity contribution is -0.293. The highest BCUT2D eigenvalue weighted by atomic mass is 32.2. The zero-order chi connectivity index (χ0) is 24.2. The molecule has 3 rings (SSSR count). The Morgan fingerprint density at radius 1 is 1.00 bits per heavy atom. The summed E-state index contributed by atoms with van der Waals surface area (Å²) >= 11 is 0. The number of rotatable bonds is 9. The van der Waals surface area contributed by atoms with Gasteiger partial charge >= 0.3 is 12.0 Å². The van der Waals surface area contributed by atoms with E-state index in [2.05, 4.69) is 9.97 Å². The van der Waals surface area contributed by atoms with Gasteiger partial charge in [0.25, 0.3) is 0 Å². The fraction of sp³-hybridized carbons (Fsp3) is 0.238. The Morgan fingerprint density at radius 3 is 2.30 bits per heavy atom. The van der Waals surface area contributed by atoms with Gasteiger partial charge in [0.2, 0.25) is 10.0 Å². The van der Waals surface area contributed by atoms with Crippen molar-refractivity contribution in [3.8, 4) is 40.3 Å². The highest BCUT2D eigenvalue weighted by Gasteiger charge is 2.27. The number of hydrogen-bond donors (Lipinski definition) is 3. The van der Waals surface area contributed by atoms with Gasteiger partial charge in [-0.25, -0.2) is 13.6 Å². The predicted molar refractivity (Wildman–Crippen MR) is 117 cm³/mol. The van der Waals surface area contributed by atoms with Crippen molar-refractivity contribution in [3.05, 3.63) is 48.7 Å². The van der Waals surface area contributed by atoms with E-state index in [0.29, 0.717) is 11.5 Å². The minimum atomic E-state index is -4.33. The van der Waals surface area contributed by atoms with E-state index in [4.69, 9.17) is 24.1 Å². The number of aromatic nitrogens is 2. The van der Waals surface area contributed by atoms with Gasteiger partial charge in [0.1, 0.15) is 16.3 Å². The first kappa shape index (κ1) is 24.2. The molecule has 0 saturated carbocycles. The molecule has 0 aliphatic carbocycles. The summed E-state index contributed by atoms with van der Waals surface area (Å²) in [4.78, 5) is 7.85. The molecule has 1 heterocycles. The van der Waals surface area contributed by atoms with E-state index in [9.17, 15) is 18.6 Å². The summed E-state index contributed by atoms with van der Waals surface area (Å²) in [5.74, 6) is -1.94. The van der Waals surface area contributed by atoms with Gasteiger partial charge in [-0.3, -0.25) is 0 Å². The van der Waals surface area contributed by atoms with E-state index in [0.717, 1.165) is 0 Å². The lowest BCUT2D eigenvalue weighted by Crippen LogP contribution is -2.35. The first-order chi connectivity index (χ1) is 15.6. The molecule has 3 aromatic rings. The van der Waals surface area contributed by atoms with Gasteiger partial charge in [-0.15, -0.1) is 0 Å². The third-order valence-electron chi connectivity index (χ3n) is 4.46. The molecular formula is C21H23N3O8S. The number of nitrogens with zero attached hydrogens (tertiary/aromatic N) is 2. The lowest BCUT2D eigenvalue weighted by Gasteiger charge is -2.22. The van der Waals surface area contributed by atoms with Crippen LogP contribution < -0.4 is 24.1 Å². The van der Waals surface area contributed by atoms with Gasteiger partial charge < -0.3 is 29.2 Å². The van der Waals surface area contributed by atoms with E-state index in [1.165, 1.54) is 45.5 Å². The first-order valence-electron chi connectivity index (χ1n) is 9.61. The minimum absolute atomic E-state index is 0.00516. The van der Waals surface area contributed by atoms with E-state index in [1.54, 1.807) is 24.3 Å². The summed E-state index contributed by atoms with van der Waals surface area (Å²) in [6.07, 6.45) is 1.14. The van der Waals surface area contributed by atoms with Crippen LogP contribution in [0.25, 0.3) is 11.3 Å². The standard InChI is InChI=1S/C21H23N3O8S/c1-4-21(25,26)32-16-10-9-13(11-18(16)33(22,27)28)19-17(12-23-20(24-19)30-3)31-15-8-6-5-7-14(15)29-2/h5-12,25-26H,4H2,1-3H3,(H2,22,27,28). The van der Waals surface area contributed by atoms with E-state index < -0.39 is 20.9 Å². The number of primary sulfonamides is 1.